The summed E-state index contributed by atoms with van der Waals surface area (Å²) < 4.78 is 7.78. The standard InChI is InChI=1S/C23H26N4O3/c1-15(28)20-14-19(30-16(20)2)11-12-22(29)24-18-9-7-17(8-10-18)23-26-25-21-6-4-3-5-13-27(21)23/h7-10,14H,3-6,11-13H2,1-2H3,(H,24,29). The number of aromatic nitrogens is 3. The number of hydrogen-bond acceptors (Lipinski definition) is 5. The van der Waals surface area contributed by atoms with Gasteiger partial charge < -0.3 is 14.3 Å². The molecule has 7 heteroatoms. The van der Waals surface area contributed by atoms with E-state index in [1.807, 2.05) is 24.3 Å². The molecule has 0 saturated carbocycles. The van der Waals surface area contributed by atoms with E-state index in [-0.39, 0.29) is 18.1 Å². The van der Waals surface area contributed by atoms with Crippen LogP contribution in [0.15, 0.2) is 34.7 Å². The predicted molar refractivity (Wildman–Crippen MR) is 113 cm³/mol. The van der Waals surface area contributed by atoms with Crippen molar-refractivity contribution in [2.45, 2.75) is 58.9 Å². The number of ketones is 1. The van der Waals surface area contributed by atoms with Crippen LogP contribution in [0.5, 0.6) is 0 Å². The molecular weight excluding hydrogens is 380 g/mol. The number of carbonyl (C=O) groups excluding carboxylic acids is 2. The second-order valence-corrected chi connectivity index (χ2v) is 7.77. The molecule has 0 unspecified atom stereocenters. The van der Waals surface area contributed by atoms with Crippen LogP contribution >= 0.6 is 0 Å². The largest absolute Gasteiger partial charge is 0.466 e. The number of Topliss-reactive ketones (excluding diaryl/α,β-unsaturated/α-hetero) is 1. The second-order valence-electron chi connectivity index (χ2n) is 7.77. The molecular formula is C23H26N4O3. The van der Waals surface area contributed by atoms with Gasteiger partial charge in [-0.3, -0.25) is 9.59 Å². The van der Waals surface area contributed by atoms with E-state index >= 15 is 0 Å². The smallest absolute Gasteiger partial charge is 0.224 e. The number of furan rings is 1. The number of amides is 1. The van der Waals surface area contributed by atoms with Crippen molar-refractivity contribution in [2.24, 2.45) is 0 Å². The van der Waals surface area contributed by atoms with E-state index in [9.17, 15) is 9.59 Å². The lowest BCUT2D eigenvalue weighted by Gasteiger charge is -2.08. The Bertz CT molecular complexity index is 1060. The van der Waals surface area contributed by atoms with E-state index in [4.69, 9.17) is 4.42 Å². The fourth-order valence-corrected chi connectivity index (χ4v) is 3.88. The molecule has 1 amide bonds. The van der Waals surface area contributed by atoms with Crippen LogP contribution in [0.4, 0.5) is 5.69 Å². The van der Waals surface area contributed by atoms with Gasteiger partial charge in [-0.1, -0.05) is 6.42 Å². The molecule has 4 rings (SSSR count). The Morgan fingerprint density at radius 2 is 1.93 bits per heavy atom. The average molecular weight is 406 g/mol. The molecule has 3 heterocycles. The van der Waals surface area contributed by atoms with Crippen molar-refractivity contribution in [3.63, 3.8) is 0 Å². The highest BCUT2D eigenvalue weighted by molar-refractivity contribution is 5.95. The monoisotopic (exact) mass is 406 g/mol. The fourth-order valence-electron chi connectivity index (χ4n) is 3.88. The molecule has 1 N–H and O–H groups in total. The van der Waals surface area contributed by atoms with Crippen molar-refractivity contribution >= 4 is 17.4 Å². The minimum absolute atomic E-state index is 0.0309. The van der Waals surface area contributed by atoms with Gasteiger partial charge in [0.1, 0.15) is 17.3 Å². The minimum atomic E-state index is -0.0995. The molecule has 156 valence electrons. The number of aryl methyl sites for hydroxylation is 3. The number of anilines is 1. The van der Waals surface area contributed by atoms with Crippen LogP contribution in [0, 0.1) is 6.92 Å². The molecule has 0 aliphatic carbocycles. The van der Waals surface area contributed by atoms with Gasteiger partial charge in [0.05, 0.1) is 5.56 Å². The zero-order valence-corrected chi connectivity index (χ0v) is 17.4. The van der Waals surface area contributed by atoms with Crippen molar-refractivity contribution in [1.82, 2.24) is 14.8 Å². The van der Waals surface area contributed by atoms with E-state index in [2.05, 4.69) is 20.1 Å². The van der Waals surface area contributed by atoms with Crippen molar-refractivity contribution < 1.29 is 14.0 Å². The Balaban J connectivity index is 1.37. The van der Waals surface area contributed by atoms with Crippen molar-refractivity contribution in [3.8, 4) is 11.4 Å². The van der Waals surface area contributed by atoms with Gasteiger partial charge in [0.15, 0.2) is 11.6 Å². The Morgan fingerprint density at radius 1 is 1.13 bits per heavy atom. The average Bonchev–Trinajstić information content (AvgIpc) is 3.22. The number of nitrogens with zero attached hydrogens (tertiary/aromatic N) is 3. The van der Waals surface area contributed by atoms with Gasteiger partial charge in [0, 0.05) is 37.1 Å². The van der Waals surface area contributed by atoms with Crippen LogP contribution in [0.25, 0.3) is 11.4 Å². The number of hydrogen-bond donors (Lipinski definition) is 1. The van der Waals surface area contributed by atoms with E-state index in [0.29, 0.717) is 23.5 Å². The first-order valence-corrected chi connectivity index (χ1v) is 10.4. The van der Waals surface area contributed by atoms with Crippen LogP contribution in [0.3, 0.4) is 0 Å². The first-order chi connectivity index (χ1) is 14.5. The summed E-state index contributed by atoms with van der Waals surface area (Å²) in [6.45, 7) is 4.22. The first-order valence-electron chi connectivity index (χ1n) is 10.4. The van der Waals surface area contributed by atoms with Crippen LogP contribution < -0.4 is 5.32 Å². The molecule has 0 bridgehead atoms. The zero-order valence-electron chi connectivity index (χ0n) is 17.4. The molecule has 0 radical (unpaired) electrons. The first kappa shape index (κ1) is 20.1. The van der Waals surface area contributed by atoms with Gasteiger partial charge >= 0.3 is 0 Å². The number of benzene rings is 1. The number of rotatable bonds is 6. The maximum Gasteiger partial charge on any atom is 0.224 e. The van der Waals surface area contributed by atoms with Gasteiger partial charge in [-0.05, 0) is 57.0 Å². The summed E-state index contributed by atoms with van der Waals surface area (Å²) in [6.07, 6.45) is 5.24. The van der Waals surface area contributed by atoms with Crippen molar-refractivity contribution in [2.75, 3.05) is 5.32 Å². The topological polar surface area (TPSA) is 90.0 Å². The lowest BCUT2D eigenvalue weighted by atomic mass is 10.1. The molecule has 3 aromatic rings. The van der Waals surface area contributed by atoms with Gasteiger partial charge in [0.2, 0.25) is 5.91 Å². The minimum Gasteiger partial charge on any atom is -0.466 e. The molecule has 0 atom stereocenters. The van der Waals surface area contributed by atoms with E-state index in [0.717, 1.165) is 48.7 Å². The predicted octanol–water partition coefficient (Wildman–Crippen LogP) is 4.35. The van der Waals surface area contributed by atoms with Gasteiger partial charge in [-0.2, -0.15) is 0 Å². The second kappa shape index (κ2) is 8.65. The zero-order chi connectivity index (χ0) is 21.1. The molecule has 30 heavy (non-hydrogen) atoms. The maximum atomic E-state index is 12.3. The van der Waals surface area contributed by atoms with E-state index in [1.165, 1.54) is 13.3 Å². The molecule has 7 nitrogen and oxygen atoms in total. The van der Waals surface area contributed by atoms with Crippen LogP contribution in [-0.4, -0.2) is 26.5 Å². The Kier molecular flexibility index (Phi) is 5.79. The summed E-state index contributed by atoms with van der Waals surface area (Å²) in [5.41, 5.74) is 2.31. The van der Waals surface area contributed by atoms with Crippen LogP contribution in [-0.2, 0) is 24.2 Å². The highest BCUT2D eigenvalue weighted by Crippen LogP contribution is 2.24. The maximum absolute atomic E-state index is 12.3. The van der Waals surface area contributed by atoms with E-state index in [1.54, 1.807) is 13.0 Å². The third-order valence-electron chi connectivity index (χ3n) is 5.48. The van der Waals surface area contributed by atoms with Gasteiger partial charge in [-0.25, -0.2) is 0 Å². The summed E-state index contributed by atoms with van der Waals surface area (Å²) >= 11 is 0. The number of fused-ring (bicyclic) bond motifs is 1. The Morgan fingerprint density at radius 3 is 2.67 bits per heavy atom. The van der Waals surface area contributed by atoms with Crippen LogP contribution in [0.2, 0.25) is 0 Å². The highest BCUT2D eigenvalue weighted by atomic mass is 16.3. The summed E-state index contributed by atoms with van der Waals surface area (Å²) in [6, 6.07) is 9.42. The molecule has 1 aliphatic heterocycles. The summed E-state index contributed by atoms with van der Waals surface area (Å²) in [5.74, 6) is 3.06. The SMILES string of the molecule is CC(=O)c1cc(CCC(=O)Nc2ccc(-c3nnc4n3CCCCC4)cc2)oc1C. The van der Waals surface area contributed by atoms with Gasteiger partial charge in [0.25, 0.3) is 0 Å². The fraction of sp³-hybridized carbons (Fsp3) is 0.391. The summed E-state index contributed by atoms with van der Waals surface area (Å²) in [7, 11) is 0. The van der Waals surface area contributed by atoms with Crippen LogP contribution in [0.1, 0.15) is 60.3 Å². The molecule has 0 saturated heterocycles. The molecule has 1 aromatic carbocycles. The lowest BCUT2D eigenvalue weighted by Crippen LogP contribution is -2.12. The quantitative estimate of drug-likeness (QED) is 0.615. The number of nitrogens with one attached hydrogen (secondary N) is 1. The molecule has 0 spiro atoms. The van der Waals surface area contributed by atoms with Crippen molar-refractivity contribution in [3.05, 3.63) is 53.2 Å². The summed E-state index contributed by atoms with van der Waals surface area (Å²) in [4.78, 5) is 23.8. The number of carbonyl (C=O) groups is 2. The Hall–Kier alpha value is -3.22. The molecule has 2 aromatic heterocycles. The Labute approximate surface area is 175 Å². The highest BCUT2D eigenvalue weighted by Gasteiger charge is 2.16. The van der Waals surface area contributed by atoms with Crippen molar-refractivity contribution in [1.29, 1.82) is 0 Å². The van der Waals surface area contributed by atoms with E-state index < -0.39 is 0 Å². The molecule has 1 aliphatic rings. The third kappa shape index (κ3) is 4.35. The van der Waals surface area contributed by atoms with Gasteiger partial charge in [-0.15, -0.1) is 10.2 Å². The molecule has 0 fully saturated rings. The lowest BCUT2D eigenvalue weighted by molar-refractivity contribution is -0.116. The summed E-state index contributed by atoms with van der Waals surface area (Å²) in [5, 5.41) is 11.6. The normalized spacial score (nSPS) is 13.5. The third-order valence-corrected chi connectivity index (χ3v) is 5.48.